The molecule has 1 aromatic heterocycles. The van der Waals surface area contributed by atoms with Crippen molar-refractivity contribution in [1.82, 2.24) is 5.32 Å². The molecule has 0 bridgehead atoms. The number of ether oxygens (including phenoxy) is 1. The zero-order valence-corrected chi connectivity index (χ0v) is 13.2. The maximum atomic E-state index is 5.73. The molecule has 2 aromatic rings. The second kappa shape index (κ2) is 7.32. The molecular formula is C18H25NO2. The molecule has 0 atom stereocenters. The second-order valence-electron chi connectivity index (χ2n) is 5.87. The van der Waals surface area contributed by atoms with Gasteiger partial charge in [-0.2, -0.15) is 0 Å². The van der Waals surface area contributed by atoms with Crippen LogP contribution in [-0.2, 0) is 12.0 Å². The molecule has 1 heterocycles. The molecule has 0 saturated carbocycles. The largest absolute Gasteiger partial charge is 0.492 e. The van der Waals surface area contributed by atoms with Crippen LogP contribution >= 0.6 is 0 Å². The van der Waals surface area contributed by atoms with Crippen molar-refractivity contribution in [3.8, 4) is 5.75 Å². The van der Waals surface area contributed by atoms with Crippen LogP contribution in [0.4, 0.5) is 0 Å². The molecule has 0 aliphatic rings. The van der Waals surface area contributed by atoms with Gasteiger partial charge in [-0.1, -0.05) is 32.9 Å². The average molecular weight is 287 g/mol. The first-order chi connectivity index (χ1) is 10.1. The molecule has 114 valence electrons. The number of nitrogens with one attached hydrogen (secondary N) is 1. The normalized spacial score (nSPS) is 11.6. The SMILES string of the molecule is CCC(C)(C)c1ccc(OCCNCc2ccco2)cc1. The first-order valence-electron chi connectivity index (χ1n) is 7.58. The Balaban J connectivity index is 1.71. The summed E-state index contributed by atoms with van der Waals surface area (Å²) in [5, 5.41) is 3.28. The van der Waals surface area contributed by atoms with Gasteiger partial charge >= 0.3 is 0 Å². The van der Waals surface area contributed by atoms with E-state index in [0.717, 1.165) is 31.0 Å². The van der Waals surface area contributed by atoms with E-state index in [2.05, 4.69) is 50.4 Å². The quantitative estimate of drug-likeness (QED) is 0.741. The predicted octanol–water partition coefficient (Wildman–Crippen LogP) is 4.14. The fraction of sp³-hybridized carbons (Fsp3) is 0.444. The summed E-state index contributed by atoms with van der Waals surface area (Å²) in [7, 11) is 0. The van der Waals surface area contributed by atoms with E-state index in [1.165, 1.54) is 5.56 Å². The minimum atomic E-state index is 0.225. The molecule has 2 rings (SSSR count). The van der Waals surface area contributed by atoms with Gasteiger partial charge in [0.1, 0.15) is 18.1 Å². The Hall–Kier alpha value is -1.74. The molecule has 0 radical (unpaired) electrons. The summed E-state index contributed by atoms with van der Waals surface area (Å²) in [6, 6.07) is 12.3. The second-order valence-corrected chi connectivity index (χ2v) is 5.87. The van der Waals surface area contributed by atoms with Crippen LogP contribution in [0.2, 0.25) is 0 Å². The standard InChI is InChI=1S/C18H25NO2/c1-4-18(2,3)15-7-9-16(10-8-15)21-13-11-19-14-17-6-5-12-20-17/h5-10,12,19H,4,11,13-14H2,1-3H3. The Morgan fingerprint density at radius 1 is 1.14 bits per heavy atom. The van der Waals surface area contributed by atoms with E-state index in [1.807, 2.05) is 12.1 Å². The van der Waals surface area contributed by atoms with Gasteiger partial charge in [0.15, 0.2) is 0 Å². The molecule has 0 spiro atoms. The maximum absolute atomic E-state index is 5.73. The fourth-order valence-corrected chi connectivity index (χ4v) is 2.07. The Bertz CT molecular complexity index is 515. The van der Waals surface area contributed by atoms with Crippen molar-refractivity contribution < 1.29 is 9.15 Å². The van der Waals surface area contributed by atoms with E-state index in [0.29, 0.717) is 6.61 Å². The van der Waals surface area contributed by atoms with Gasteiger partial charge in [-0.05, 0) is 41.7 Å². The van der Waals surface area contributed by atoms with Gasteiger partial charge in [-0.15, -0.1) is 0 Å². The molecule has 0 fully saturated rings. The van der Waals surface area contributed by atoms with Crippen molar-refractivity contribution in [3.63, 3.8) is 0 Å². The molecule has 3 nitrogen and oxygen atoms in total. The maximum Gasteiger partial charge on any atom is 0.119 e. The number of furan rings is 1. The van der Waals surface area contributed by atoms with Gasteiger partial charge in [0, 0.05) is 6.54 Å². The van der Waals surface area contributed by atoms with Crippen LogP contribution in [0.5, 0.6) is 5.75 Å². The lowest BCUT2D eigenvalue weighted by molar-refractivity contribution is 0.310. The lowest BCUT2D eigenvalue weighted by Crippen LogP contribution is -2.20. The summed E-state index contributed by atoms with van der Waals surface area (Å²) >= 11 is 0. The first-order valence-corrected chi connectivity index (χ1v) is 7.58. The molecule has 0 amide bonds. The summed E-state index contributed by atoms with van der Waals surface area (Å²) in [6.07, 6.45) is 2.82. The molecule has 0 saturated heterocycles. The van der Waals surface area contributed by atoms with Crippen molar-refractivity contribution >= 4 is 0 Å². The average Bonchev–Trinajstić information content (AvgIpc) is 3.01. The highest BCUT2D eigenvalue weighted by Gasteiger charge is 2.17. The third-order valence-corrected chi connectivity index (χ3v) is 3.95. The third kappa shape index (κ3) is 4.64. The van der Waals surface area contributed by atoms with Crippen LogP contribution in [0.1, 0.15) is 38.5 Å². The number of hydrogen-bond acceptors (Lipinski definition) is 3. The molecule has 21 heavy (non-hydrogen) atoms. The van der Waals surface area contributed by atoms with Crippen molar-refractivity contribution in [3.05, 3.63) is 54.0 Å². The van der Waals surface area contributed by atoms with E-state index < -0.39 is 0 Å². The molecule has 3 heteroatoms. The van der Waals surface area contributed by atoms with Crippen LogP contribution in [0.3, 0.4) is 0 Å². The van der Waals surface area contributed by atoms with Crippen molar-refractivity contribution in [1.29, 1.82) is 0 Å². The Morgan fingerprint density at radius 2 is 1.90 bits per heavy atom. The van der Waals surface area contributed by atoms with Crippen LogP contribution in [0.15, 0.2) is 47.1 Å². The summed E-state index contributed by atoms with van der Waals surface area (Å²) in [5.41, 5.74) is 1.58. The van der Waals surface area contributed by atoms with Gasteiger partial charge in [0.2, 0.25) is 0 Å². The van der Waals surface area contributed by atoms with Gasteiger partial charge in [0.05, 0.1) is 12.8 Å². The molecular weight excluding hydrogens is 262 g/mol. The van der Waals surface area contributed by atoms with E-state index in [4.69, 9.17) is 9.15 Å². The lowest BCUT2D eigenvalue weighted by Gasteiger charge is -2.23. The lowest BCUT2D eigenvalue weighted by atomic mass is 9.82. The summed E-state index contributed by atoms with van der Waals surface area (Å²) in [4.78, 5) is 0. The van der Waals surface area contributed by atoms with E-state index in [1.54, 1.807) is 6.26 Å². The first kappa shape index (κ1) is 15.6. The van der Waals surface area contributed by atoms with Crippen molar-refractivity contribution in [2.75, 3.05) is 13.2 Å². The van der Waals surface area contributed by atoms with Gasteiger partial charge < -0.3 is 14.5 Å². The summed E-state index contributed by atoms with van der Waals surface area (Å²) in [5.74, 6) is 1.87. The summed E-state index contributed by atoms with van der Waals surface area (Å²) < 4.78 is 11.0. The van der Waals surface area contributed by atoms with Crippen LogP contribution < -0.4 is 10.1 Å². The van der Waals surface area contributed by atoms with Gasteiger partial charge in [0.25, 0.3) is 0 Å². The highest BCUT2D eigenvalue weighted by Crippen LogP contribution is 2.27. The minimum absolute atomic E-state index is 0.225. The monoisotopic (exact) mass is 287 g/mol. The number of rotatable bonds is 8. The molecule has 0 unspecified atom stereocenters. The Kier molecular flexibility index (Phi) is 5.45. The van der Waals surface area contributed by atoms with Crippen LogP contribution in [0.25, 0.3) is 0 Å². The van der Waals surface area contributed by atoms with E-state index >= 15 is 0 Å². The smallest absolute Gasteiger partial charge is 0.119 e. The summed E-state index contributed by atoms with van der Waals surface area (Å²) in [6.45, 7) is 8.93. The predicted molar refractivity (Wildman–Crippen MR) is 85.7 cm³/mol. The van der Waals surface area contributed by atoms with Crippen LogP contribution in [-0.4, -0.2) is 13.2 Å². The molecule has 0 aliphatic heterocycles. The number of benzene rings is 1. The van der Waals surface area contributed by atoms with Gasteiger partial charge in [-0.25, -0.2) is 0 Å². The fourth-order valence-electron chi connectivity index (χ4n) is 2.07. The topological polar surface area (TPSA) is 34.4 Å². The van der Waals surface area contributed by atoms with E-state index in [-0.39, 0.29) is 5.41 Å². The Morgan fingerprint density at radius 3 is 2.52 bits per heavy atom. The van der Waals surface area contributed by atoms with Crippen molar-refractivity contribution in [2.24, 2.45) is 0 Å². The molecule has 1 aromatic carbocycles. The molecule has 1 N–H and O–H groups in total. The van der Waals surface area contributed by atoms with E-state index in [9.17, 15) is 0 Å². The minimum Gasteiger partial charge on any atom is -0.492 e. The highest BCUT2D eigenvalue weighted by atomic mass is 16.5. The van der Waals surface area contributed by atoms with Crippen molar-refractivity contribution in [2.45, 2.75) is 39.2 Å². The van der Waals surface area contributed by atoms with Crippen LogP contribution in [0, 0.1) is 0 Å². The third-order valence-electron chi connectivity index (χ3n) is 3.95. The van der Waals surface area contributed by atoms with Gasteiger partial charge in [-0.3, -0.25) is 0 Å². The zero-order valence-electron chi connectivity index (χ0n) is 13.2. The number of hydrogen-bond donors (Lipinski definition) is 1. The highest BCUT2D eigenvalue weighted by molar-refractivity contribution is 5.31. The Labute approximate surface area is 127 Å². The zero-order chi connectivity index (χ0) is 15.1. The molecule has 0 aliphatic carbocycles.